The predicted molar refractivity (Wildman–Crippen MR) is 113 cm³/mol. The Balaban J connectivity index is 1.62. The van der Waals surface area contributed by atoms with E-state index in [1.165, 1.54) is 5.56 Å². The zero-order valence-electron chi connectivity index (χ0n) is 16.4. The lowest BCUT2D eigenvalue weighted by molar-refractivity contribution is 0.0526. The van der Waals surface area contributed by atoms with Crippen LogP contribution in [-0.2, 0) is 11.3 Å². The molecule has 0 aliphatic carbocycles. The van der Waals surface area contributed by atoms with Gasteiger partial charge in [0.25, 0.3) is 5.91 Å². The van der Waals surface area contributed by atoms with Gasteiger partial charge >= 0.3 is 5.97 Å². The third kappa shape index (κ3) is 5.65. The van der Waals surface area contributed by atoms with Crippen LogP contribution in [0.5, 0.6) is 0 Å². The van der Waals surface area contributed by atoms with Crippen molar-refractivity contribution >= 4 is 23.4 Å². The summed E-state index contributed by atoms with van der Waals surface area (Å²) >= 11 is 0. The lowest BCUT2D eigenvalue weighted by Crippen LogP contribution is -2.13. The van der Waals surface area contributed by atoms with E-state index in [0.29, 0.717) is 35.8 Å². The molecule has 0 saturated carbocycles. The number of benzene rings is 2. The van der Waals surface area contributed by atoms with Gasteiger partial charge in [-0.3, -0.25) is 4.79 Å². The average Bonchev–Trinajstić information content (AvgIpc) is 2.73. The number of anilines is 2. The van der Waals surface area contributed by atoms with Crippen LogP contribution in [0.3, 0.4) is 0 Å². The molecule has 0 spiro atoms. The first kappa shape index (κ1) is 20.1. The molecule has 0 aliphatic heterocycles. The second kappa shape index (κ2) is 9.50. The Hall–Kier alpha value is -3.67. The summed E-state index contributed by atoms with van der Waals surface area (Å²) in [5.41, 5.74) is 3.86. The summed E-state index contributed by atoms with van der Waals surface area (Å²) in [5, 5.41) is 6.05. The highest BCUT2D eigenvalue weighted by atomic mass is 16.5. The van der Waals surface area contributed by atoms with Crippen molar-refractivity contribution < 1.29 is 14.3 Å². The highest BCUT2D eigenvalue weighted by Crippen LogP contribution is 2.14. The van der Waals surface area contributed by atoms with E-state index in [2.05, 4.69) is 21.7 Å². The van der Waals surface area contributed by atoms with Crippen molar-refractivity contribution in [3.8, 4) is 0 Å². The fourth-order valence-corrected chi connectivity index (χ4v) is 2.79. The van der Waals surface area contributed by atoms with E-state index in [0.717, 1.165) is 5.56 Å². The van der Waals surface area contributed by atoms with Gasteiger partial charge in [0.15, 0.2) is 0 Å². The highest BCUT2D eigenvalue weighted by Gasteiger charge is 2.10. The number of rotatable bonds is 7. The molecular formula is C23H23N3O3. The third-order valence-corrected chi connectivity index (χ3v) is 4.23. The third-order valence-electron chi connectivity index (χ3n) is 4.23. The van der Waals surface area contributed by atoms with Gasteiger partial charge in [-0.05, 0) is 55.8 Å². The molecule has 0 saturated heterocycles. The number of nitrogens with one attached hydrogen (secondary N) is 2. The van der Waals surface area contributed by atoms with E-state index in [1.807, 2.05) is 25.1 Å². The molecule has 0 unspecified atom stereocenters. The van der Waals surface area contributed by atoms with Crippen molar-refractivity contribution in [3.63, 3.8) is 0 Å². The standard InChI is InChI=1S/C23H23N3O3/c1-3-29-23(28)18-7-9-20(10-8-18)26-22(27)19-11-12-24-21(14-19)25-15-17-6-4-5-16(2)13-17/h4-14H,3,15H2,1-2H3,(H,24,25)(H,26,27). The van der Waals surface area contributed by atoms with Gasteiger partial charge in [0.05, 0.1) is 12.2 Å². The summed E-state index contributed by atoms with van der Waals surface area (Å²) in [7, 11) is 0. The van der Waals surface area contributed by atoms with Gasteiger partial charge in [-0.25, -0.2) is 9.78 Å². The monoisotopic (exact) mass is 389 g/mol. The topological polar surface area (TPSA) is 80.3 Å². The van der Waals surface area contributed by atoms with Crippen molar-refractivity contribution in [2.75, 3.05) is 17.2 Å². The van der Waals surface area contributed by atoms with E-state index >= 15 is 0 Å². The van der Waals surface area contributed by atoms with Crippen LogP contribution in [-0.4, -0.2) is 23.5 Å². The van der Waals surface area contributed by atoms with E-state index in [9.17, 15) is 9.59 Å². The maximum Gasteiger partial charge on any atom is 0.338 e. The highest BCUT2D eigenvalue weighted by molar-refractivity contribution is 6.04. The molecule has 2 N–H and O–H groups in total. The van der Waals surface area contributed by atoms with E-state index < -0.39 is 0 Å². The number of aryl methyl sites for hydroxylation is 1. The average molecular weight is 389 g/mol. The maximum absolute atomic E-state index is 12.5. The number of pyridine rings is 1. The summed E-state index contributed by atoms with van der Waals surface area (Å²) in [6, 6.07) is 18.1. The number of hydrogen-bond acceptors (Lipinski definition) is 5. The van der Waals surface area contributed by atoms with Gasteiger partial charge in [0.1, 0.15) is 5.82 Å². The largest absolute Gasteiger partial charge is 0.462 e. The fourth-order valence-electron chi connectivity index (χ4n) is 2.79. The Morgan fingerprint density at radius 2 is 1.79 bits per heavy atom. The first-order chi connectivity index (χ1) is 14.0. The molecule has 0 radical (unpaired) electrons. The molecule has 6 nitrogen and oxygen atoms in total. The Labute approximate surface area is 169 Å². The normalized spacial score (nSPS) is 10.3. The van der Waals surface area contributed by atoms with Gasteiger partial charge in [0, 0.05) is 24.0 Å². The molecule has 3 rings (SSSR count). The molecule has 0 bridgehead atoms. The number of carbonyl (C=O) groups excluding carboxylic acids is 2. The van der Waals surface area contributed by atoms with Crippen LogP contribution in [0.4, 0.5) is 11.5 Å². The quantitative estimate of drug-likeness (QED) is 0.584. The van der Waals surface area contributed by atoms with Crippen LogP contribution in [0.2, 0.25) is 0 Å². The van der Waals surface area contributed by atoms with Crippen LogP contribution in [0, 0.1) is 6.92 Å². The minimum atomic E-state index is -0.385. The summed E-state index contributed by atoms with van der Waals surface area (Å²) < 4.78 is 4.95. The van der Waals surface area contributed by atoms with Gasteiger partial charge in [-0.1, -0.05) is 29.8 Å². The van der Waals surface area contributed by atoms with Crippen LogP contribution in [0.25, 0.3) is 0 Å². The van der Waals surface area contributed by atoms with E-state index in [-0.39, 0.29) is 11.9 Å². The van der Waals surface area contributed by atoms with E-state index in [1.54, 1.807) is 49.5 Å². The lowest BCUT2D eigenvalue weighted by Gasteiger charge is -2.09. The van der Waals surface area contributed by atoms with Crippen molar-refractivity contribution in [1.29, 1.82) is 0 Å². The minimum Gasteiger partial charge on any atom is -0.462 e. The van der Waals surface area contributed by atoms with Crippen LogP contribution in [0.1, 0.15) is 38.8 Å². The molecule has 1 amide bonds. The summed E-state index contributed by atoms with van der Waals surface area (Å²) in [6.45, 7) is 4.74. The summed E-state index contributed by atoms with van der Waals surface area (Å²) in [6.07, 6.45) is 1.59. The van der Waals surface area contributed by atoms with Crippen molar-refractivity contribution in [2.45, 2.75) is 20.4 Å². The van der Waals surface area contributed by atoms with E-state index in [4.69, 9.17) is 4.74 Å². The first-order valence-electron chi connectivity index (χ1n) is 9.39. The number of nitrogens with zero attached hydrogens (tertiary/aromatic N) is 1. The number of esters is 1. The molecule has 29 heavy (non-hydrogen) atoms. The Morgan fingerprint density at radius 3 is 2.52 bits per heavy atom. The first-order valence-corrected chi connectivity index (χ1v) is 9.39. The number of ether oxygens (including phenoxy) is 1. The maximum atomic E-state index is 12.5. The Bertz CT molecular complexity index is 1000. The zero-order valence-corrected chi connectivity index (χ0v) is 16.4. The minimum absolute atomic E-state index is 0.255. The van der Waals surface area contributed by atoms with Gasteiger partial charge in [-0.2, -0.15) is 0 Å². The summed E-state index contributed by atoms with van der Waals surface area (Å²) in [5.74, 6) is -0.0180. The molecule has 3 aromatic rings. The number of aromatic nitrogens is 1. The molecule has 6 heteroatoms. The van der Waals surface area contributed by atoms with Crippen LogP contribution in [0.15, 0.2) is 66.9 Å². The molecule has 1 aromatic heterocycles. The Kier molecular flexibility index (Phi) is 6.58. The van der Waals surface area contributed by atoms with Gasteiger partial charge in [0.2, 0.25) is 0 Å². The second-order valence-corrected chi connectivity index (χ2v) is 6.52. The summed E-state index contributed by atoms with van der Waals surface area (Å²) in [4.78, 5) is 28.5. The lowest BCUT2D eigenvalue weighted by atomic mass is 10.1. The van der Waals surface area contributed by atoms with Crippen molar-refractivity contribution in [1.82, 2.24) is 4.98 Å². The van der Waals surface area contributed by atoms with Crippen LogP contribution < -0.4 is 10.6 Å². The zero-order chi connectivity index (χ0) is 20.6. The molecule has 0 fully saturated rings. The van der Waals surface area contributed by atoms with Gasteiger partial charge in [-0.15, -0.1) is 0 Å². The van der Waals surface area contributed by atoms with Crippen molar-refractivity contribution in [2.24, 2.45) is 0 Å². The van der Waals surface area contributed by atoms with Gasteiger partial charge < -0.3 is 15.4 Å². The fraction of sp³-hybridized carbons (Fsp3) is 0.174. The Morgan fingerprint density at radius 1 is 1.00 bits per heavy atom. The van der Waals surface area contributed by atoms with Crippen LogP contribution >= 0.6 is 0 Å². The second-order valence-electron chi connectivity index (χ2n) is 6.52. The number of amides is 1. The molecular weight excluding hydrogens is 366 g/mol. The number of hydrogen-bond donors (Lipinski definition) is 2. The van der Waals surface area contributed by atoms with Crippen molar-refractivity contribution in [3.05, 3.63) is 89.1 Å². The smallest absolute Gasteiger partial charge is 0.338 e. The molecule has 0 aliphatic rings. The molecule has 148 valence electrons. The predicted octanol–water partition coefficient (Wildman–Crippen LogP) is 4.43. The number of carbonyl (C=O) groups is 2. The molecule has 0 atom stereocenters. The molecule has 1 heterocycles. The SMILES string of the molecule is CCOC(=O)c1ccc(NC(=O)c2ccnc(NCc3cccc(C)c3)c2)cc1. The molecule has 2 aromatic carbocycles.